The van der Waals surface area contributed by atoms with Crippen LogP contribution in [0.5, 0.6) is 0 Å². The zero-order chi connectivity index (χ0) is 13.9. The second-order valence-corrected chi connectivity index (χ2v) is 4.90. The Morgan fingerprint density at radius 1 is 1.44 bits per heavy atom. The lowest BCUT2D eigenvalue weighted by atomic mass is 9.83. The quantitative estimate of drug-likeness (QED) is 0.852. The molecule has 0 aliphatic rings. The molecule has 1 aromatic carbocycles. The number of hydrogen-bond donors (Lipinski definition) is 2. The second-order valence-electron chi connectivity index (χ2n) is 4.90. The van der Waals surface area contributed by atoms with Crippen molar-refractivity contribution in [1.29, 1.82) is 0 Å². The van der Waals surface area contributed by atoms with Gasteiger partial charge >= 0.3 is 5.97 Å². The third-order valence-corrected chi connectivity index (χ3v) is 2.98. The Bertz CT molecular complexity index is 447. The minimum Gasteiger partial charge on any atom is -0.481 e. The summed E-state index contributed by atoms with van der Waals surface area (Å²) in [4.78, 5) is 11.1. The molecule has 100 valence electrons. The number of rotatable bonds is 5. The van der Waals surface area contributed by atoms with E-state index >= 15 is 0 Å². The van der Waals surface area contributed by atoms with E-state index in [1.54, 1.807) is 20.9 Å². The number of aliphatic carboxylic acids is 1. The molecule has 0 heterocycles. The second kappa shape index (κ2) is 5.44. The third-order valence-electron chi connectivity index (χ3n) is 2.98. The molecule has 0 aliphatic heterocycles. The van der Waals surface area contributed by atoms with E-state index in [1.165, 1.54) is 6.07 Å². The Hall–Kier alpha value is -1.49. The Labute approximate surface area is 105 Å². The molecule has 0 saturated carbocycles. The molecule has 0 aromatic heterocycles. The number of hydrogen-bond acceptors (Lipinski definition) is 2. The Morgan fingerprint density at radius 3 is 2.50 bits per heavy atom. The maximum absolute atomic E-state index is 13.6. The zero-order valence-electron chi connectivity index (χ0n) is 10.6. The van der Waals surface area contributed by atoms with Gasteiger partial charge in [-0.25, -0.2) is 8.78 Å². The first-order chi connectivity index (χ1) is 8.27. The maximum Gasteiger partial charge on any atom is 0.309 e. The van der Waals surface area contributed by atoms with Crippen molar-refractivity contribution in [3.8, 4) is 0 Å². The first-order valence-electron chi connectivity index (χ1n) is 5.63. The van der Waals surface area contributed by atoms with Gasteiger partial charge in [-0.3, -0.25) is 4.79 Å². The highest BCUT2D eigenvalue weighted by atomic mass is 19.1. The predicted molar refractivity (Wildman–Crippen MR) is 64.2 cm³/mol. The van der Waals surface area contributed by atoms with Crippen molar-refractivity contribution < 1.29 is 18.7 Å². The monoisotopic (exact) mass is 257 g/mol. The normalized spacial score (nSPS) is 13.4. The minimum atomic E-state index is -0.992. The molecule has 5 heteroatoms. The summed E-state index contributed by atoms with van der Waals surface area (Å²) in [5.74, 6) is -2.27. The van der Waals surface area contributed by atoms with Gasteiger partial charge in [-0.15, -0.1) is 0 Å². The third kappa shape index (κ3) is 3.26. The van der Waals surface area contributed by atoms with Crippen molar-refractivity contribution in [2.45, 2.75) is 26.3 Å². The van der Waals surface area contributed by atoms with E-state index in [4.69, 9.17) is 5.11 Å². The zero-order valence-corrected chi connectivity index (χ0v) is 10.6. The highest BCUT2D eigenvalue weighted by Gasteiger charge is 2.31. The van der Waals surface area contributed by atoms with E-state index < -0.39 is 29.1 Å². The molecule has 0 amide bonds. The van der Waals surface area contributed by atoms with Gasteiger partial charge in [0.05, 0.1) is 5.41 Å². The molecular formula is C13H17F2NO2. The van der Waals surface area contributed by atoms with Crippen LogP contribution in [0.25, 0.3) is 0 Å². The van der Waals surface area contributed by atoms with Crippen molar-refractivity contribution in [3.05, 3.63) is 35.4 Å². The molecule has 0 radical (unpaired) electrons. The molecule has 18 heavy (non-hydrogen) atoms. The summed E-state index contributed by atoms with van der Waals surface area (Å²) in [7, 11) is 1.62. The summed E-state index contributed by atoms with van der Waals surface area (Å²) in [6.07, 6.45) is 0.210. The summed E-state index contributed by atoms with van der Waals surface area (Å²) >= 11 is 0. The van der Waals surface area contributed by atoms with E-state index in [1.807, 2.05) is 0 Å². The predicted octanol–water partition coefficient (Wildman–Crippen LogP) is 2.73. The van der Waals surface area contributed by atoms with E-state index in [-0.39, 0.29) is 12.0 Å². The summed E-state index contributed by atoms with van der Waals surface area (Å²) in [6.45, 7) is 3.14. The first-order valence-corrected chi connectivity index (χ1v) is 5.63. The maximum atomic E-state index is 13.6. The Balaban J connectivity index is 3.00. The fraction of sp³-hybridized carbons (Fsp3) is 0.462. The van der Waals surface area contributed by atoms with Crippen LogP contribution >= 0.6 is 0 Å². The van der Waals surface area contributed by atoms with E-state index in [2.05, 4.69) is 5.32 Å². The number of carboxylic acid groups (broad SMARTS) is 1. The first kappa shape index (κ1) is 14.6. The summed E-state index contributed by atoms with van der Waals surface area (Å²) in [5, 5.41) is 11.9. The number of halogens is 2. The van der Waals surface area contributed by atoms with Gasteiger partial charge in [-0.1, -0.05) is 6.07 Å². The van der Waals surface area contributed by atoms with Crippen molar-refractivity contribution >= 4 is 5.97 Å². The van der Waals surface area contributed by atoms with Crippen molar-refractivity contribution in [3.63, 3.8) is 0 Å². The van der Waals surface area contributed by atoms with Crippen LogP contribution in [-0.4, -0.2) is 18.1 Å². The smallest absolute Gasteiger partial charge is 0.309 e. The molecule has 0 aliphatic carbocycles. The fourth-order valence-corrected chi connectivity index (χ4v) is 1.75. The van der Waals surface area contributed by atoms with Gasteiger partial charge in [-0.2, -0.15) is 0 Å². The van der Waals surface area contributed by atoms with Gasteiger partial charge < -0.3 is 10.4 Å². The van der Waals surface area contributed by atoms with Crippen LogP contribution < -0.4 is 5.32 Å². The number of nitrogens with one attached hydrogen (secondary N) is 1. The highest BCUT2D eigenvalue weighted by molar-refractivity contribution is 5.73. The average Bonchev–Trinajstić information content (AvgIpc) is 2.26. The molecule has 1 aromatic rings. The minimum absolute atomic E-state index is 0.210. The Kier molecular flexibility index (Phi) is 4.40. The molecule has 0 spiro atoms. The molecule has 0 fully saturated rings. The number of benzene rings is 1. The number of carbonyl (C=O) groups is 1. The van der Waals surface area contributed by atoms with Crippen LogP contribution in [0, 0.1) is 17.0 Å². The topological polar surface area (TPSA) is 49.3 Å². The van der Waals surface area contributed by atoms with Crippen molar-refractivity contribution in [2.75, 3.05) is 7.05 Å². The van der Waals surface area contributed by atoms with Gasteiger partial charge in [-0.05, 0) is 33.4 Å². The van der Waals surface area contributed by atoms with Gasteiger partial charge in [0.2, 0.25) is 0 Å². The molecule has 1 unspecified atom stereocenters. The van der Waals surface area contributed by atoms with Crippen LogP contribution in [0.1, 0.15) is 31.9 Å². The lowest BCUT2D eigenvalue weighted by Crippen LogP contribution is -2.30. The van der Waals surface area contributed by atoms with Crippen LogP contribution in [0.15, 0.2) is 18.2 Å². The molecule has 1 rings (SSSR count). The van der Waals surface area contributed by atoms with Crippen LogP contribution in [-0.2, 0) is 4.79 Å². The van der Waals surface area contributed by atoms with Crippen LogP contribution in [0.4, 0.5) is 8.78 Å². The molecule has 2 N–H and O–H groups in total. The SMILES string of the molecule is CNC(CC(C)(C)C(=O)O)c1ccc(F)cc1F. The van der Waals surface area contributed by atoms with E-state index in [0.29, 0.717) is 0 Å². The molecule has 0 bridgehead atoms. The molecule has 1 atom stereocenters. The van der Waals surface area contributed by atoms with E-state index in [9.17, 15) is 13.6 Å². The lowest BCUT2D eigenvalue weighted by Gasteiger charge is -2.26. The standard InChI is InChI=1S/C13H17F2NO2/c1-13(2,12(17)18)7-11(16-3)9-5-4-8(14)6-10(9)15/h4-6,11,16H,7H2,1-3H3,(H,17,18). The van der Waals surface area contributed by atoms with Gasteiger partial charge in [0, 0.05) is 17.7 Å². The summed E-state index contributed by atoms with van der Waals surface area (Å²) < 4.78 is 26.5. The van der Waals surface area contributed by atoms with Gasteiger partial charge in [0.1, 0.15) is 11.6 Å². The van der Waals surface area contributed by atoms with Crippen LogP contribution in [0.3, 0.4) is 0 Å². The fourth-order valence-electron chi connectivity index (χ4n) is 1.75. The van der Waals surface area contributed by atoms with Crippen molar-refractivity contribution in [1.82, 2.24) is 5.32 Å². The summed E-state index contributed by atoms with van der Waals surface area (Å²) in [6, 6.07) is 2.82. The molecular weight excluding hydrogens is 240 g/mol. The van der Waals surface area contributed by atoms with Crippen molar-refractivity contribution in [2.24, 2.45) is 5.41 Å². The largest absolute Gasteiger partial charge is 0.481 e. The van der Waals surface area contributed by atoms with E-state index in [0.717, 1.165) is 12.1 Å². The number of carboxylic acids is 1. The molecule has 3 nitrogen and oxygen atoms in total. The van der Waals surface area contributed by atoms with Gasteiger partial charge in [0.15, 0.2) is 0 Å². The average molecular weight is 257 g/mol. The Morgan fingerprint density at radius 2 is 2.06 bits per heavy atom. The summed E-state index contributed by atoms with van der Waals surface area (Å²) in [5.41, 5.74) is -0.720. The highest BCUT2D eigenvalue weighted by Crippen LogP contribution is 2.31. The van der Waals surface area contributed by atoms with Gasteiger partial charge in [0.25, 0.3) is 0 Å². The molecule has 0 saturated heterocycles. The van der Waals surface area contributed by atoms with Crippen LogP contribution in [0.2, 0.25) is 0 Å². The lowest BCUT2D eigenvalue weighted by molar-refractivity contribution is -0.147.